The summed E-state index contributed by atoms with van der Waals surface area (Å²) < 4.78 is 10.5. The van der Waals surface area contributed by atoms with Crippen LogP contribution in [0.1, 0.15) is 38.5 Å². The number of nitrogens with one attached hydrogen (secondary N) is 1. The first-order chi connectivity index (χ1) is 8.42. The lowest BCUT2D eigenvalue weighted by molar-refractivity contribution is 0.367. The Morgan fingerprint density at radius 2 is 1.61 bits per heavy atom. The molecule has 0 rings (SSSR count). The Morgan fingerprint density at radius 3 is 2.17 bits per heavy atom. The lowest BCUT2D eigenvalue weighted by Crippen LogP contribution is -2.22. The Morgan fingerprint density at radius 1 is 1.06 bits per heavy atom. The van der Waals surface area contributed by atoms with Gasteiger partial charge >= 0.3 is 7.60 Å². The maximum Gasteiger partial charge on any atom is 0.339 e. The van der Waals surface area contributed by atoms with Crippen LogP contribution < -0.4 is 16.8 Å². The van der Waals surface area contributed by atoms with Gasteiger partial charge in [0.1, 0.15) is 0 Å². The van der Waals surface area contributed by atoms with Crippen LogP contribution in [-0.2, 0) is 4.57 Å². The van der Waals surface area contributed by atoms with Crippen molar-refractivity contribution in [2.24, 2.45) is 16.5 Å². The number of nitrogens with two attached hydrogens (primary N) is 2. The lowest BCUT2D eigenvalue weighted by atomic mass is 10.1. The topological polar surface area (TPSA) is 134 Å². The molecule has 8 heteroatoms. The van der Waals surface area contributed by atoms with E-state index < -0.39 is 7.60 Å². The molecule has 7 nitrogen and oxygen atoms in total. The Hall–Kier alpha value is -0.620. The van der Waals surface area contributed by atoms with Gasteiger partial charge in [-0.15, -0.1) is 0 Å². The predicted octanol–water partition coefficient (Wildman–Crippen LogP) is 0.325. The van der Waals surface area contributed by atoms with E-state index in [4.69, 9.17) is 21.3 Å². The molecule has 0 atom stereocenters. The number of aliphatic imine (C=N–C) groups is 1. The molecule has 0 spiro atoms. The largest absolute Gasteiger partial charge is 0.370 e. The number of guanidine groups is 1. The Bertz CT molecular complexity index is 276. The van der Waals surface area contributed by atoms with Crippen molar-refractivity contribution in [3.8, 4) is 0 Å². The highest BCUT2D eigenvalue weighted by Crippen LogP contribution is 2.31. The molecule has 7 N–H and O–H groups in total. The van der Waals surface area contributed by atoms with E-state index in [1.54, 1.807) is 0 Å². The van der Waals surface area contributed by atoms with E-state index in [1.165, 1.54) is 0 Å². The molecule has 0 unspecified atom stereocenters. The first kappa shape index (κ1) is 17.4. The minimum atomic E-state index is -3.89. The van der Waals surface area contributed by atoms with Gasteiger partial charge in [0.25, 0.3) is 0 Å². The maximum absolute atomic E-state index is 10.5. The van der Waals surface area contributed by atoms with Gasteiger partial charge in [-0.1, -0.05) is 25.7 Å². The molecule has 0 aliphatic carbocycles. The van der Waals surface area contributed by atoms with Gasteiger partial charge in [-0.3, -0.25) is 9.56 Å². The molecular weight excluding hydrogens is 255 g/mol. The molecule has 0 aliphatic rings. The van der Waals surface area contributed by atoms with Crippen molar-refractivity contribution in [3.05, 3.63) is 0 Å². The van der Waals surface area contributed by atoms with Crippen LogP contribution in [0.4, 0.5) is 0 Å². The quantitative estimate of drug-likeness (QED) is 0.160. The highest BCUT2D eigenvalue weighted by molar-refractivity contribution is 7.51. The molecule has 0 aromatic rings. The van der Waals surface area contributed by atoms with Crippen LogP contribution in [0, 0.1) is 0 Å². The van der Waals surface area contributed by atoms with Crippen molar-refractivity contribution >= 4 is 13.6 Å². The number of hydrogen-bond acceptors (Lipinski definition) is 3. The van der Waals surface area contributed by atoms with Gasteiger partial charge in [0.2, 0.25) is 0 Å². The average Bonchev–Trinajstić information content (AvgIpc) is 2.24. The van der Waals surface area contributed by atoms with Crippen LogP contribution in [0.25, 0.3) is 0 Å². The summed E-state index contributed by atoms with van der Waals surface area (Å²) in [6.45, 7) is 1.34. The fourth-order valence-corrected chi connectivity index (χ4v) is 1.95. The standard InChI is InChI=1S/C10H25N4O3P/c11-10(12)14-8-6-4-2-1-3-5-7-13-9-18(15,16)17/h13H,1-9H2,(H4,11,12,14)(H2,15,16,17). The van der Waals surface area contributed by atoms with Gasteiger partial charge in [0.05, 0.1) is 6.29 Å². The number of nitrogens with zero attached hydrogens (tertiary/aromatic N) is 1. The van der Waals surface area contributed by atoms with E-state index in [2.05, 4.69) is 10.3 Å². The molecule has 0 aromatic heterocycles. The van der Waals surface area contributed by atoms with Crippen LogP contribution in [0.15, 0.2) is 4.99 Å². The molecule has 108 valence electrons. The molecule has 18 heavy (non-hydrogen) atoms. The lowest BCUT2D eigenvalue weighted by Gasteiger charge is -2.05. The van der Waals surface area contributed by atoms with Gasteiger partial charge in [-0.05, 0) is 19.4 Å². The van der Waals surface area contributed by atoms with Crippen LogP contribution in [-0.4, -0.2) is 35.1 Å². The van der Waals surface area contributed by atoms with Crippen molar-refractivity contribution in [2.75, 3.05) is 19.4 Å². The third-order valence-electron chi connectivity index (χ3n) is 2.37. The summed E-state index contributed by atoms with van der Waals surface area (Å²) >= 11 is 0. The molecule has 0 saturated heterocycles. The molecule has 0 bridgehead atoms. The monoisotopic (exact) mass is 280 g/mol. The minimum Gasteiger partial charge on any atom is -0.370 e. The van der Waals surface area contributed by atoms with Gasteiger partial charge in [0.15, 0.2) is 5.96 Å². The first-order valence-electron chi connectivity index (χ1n) is 6.22. The zero-order valence-electron chi connectivity index (χ0n) is 10.7. The predicted molar refractivity (Wildman–Crippen MR) is 73.3 cm³/mol. The van der Waals surface area contributed by atoms with Crippen molar-refractivity contribution in [1.29, 1.82) is 0 Å². The van der Waals surface area contributed by atoms with E-state index in [-0.39, 0.29) is 12.2 Å². The zero-order valence-corrected chi connectivity index (χ0v) is 11.6. The highest BCUT2D eigenvalue weighted by Gasteiger charge is 2.10. The molecule has 0 amide bonds. The second-order valence-corrected chi connectivity index (χ2v) is 5.90. The molecule has 0 radical (unpaired) electrons. The summed E-state index contributed by atoms with van der Waals surface area (Å²) in [5, 5.41) is 2.74. The Balaban J connectivity index is 3.13. The maximum atomic E-state index is 10.5. The summed E-state index contributed by atoms with van der Waals surface area (Å²) in [6, 6.07) is 0. The van der Waals surface area contributed by atoms with Crippen molar-refractivity contribution in [3.63, 3.8) is 0 Å². The van der Waals surface area contributed by atoms with E-state index >= 15 is 0 Å². The van der Waals surface area contributed by atoms with E-state index in [9.17, 15) is 4.57 Å². The van der Waals surface area contributed by atoms with Gasteiger partial charge in [0, 0.05) is 6.54 Å². The average molecular weight is 280 g/mol. The van der Waals surface area contributed by atoms with Crippen LogP contribution in [0.2, 0.25) is 0 Å². The summed E-state index contributed by atoms with van der Waals surface area (Å²) in [6.07, 6.45) is 6.13. The van der Waals surface area contributed by atoms with Gasteiger partial charge in [-0.2, -0.15) is 0 Å². The third-order valence-corrected chi connectivity index (χ3v) is 3.01. The van der Waals surface area contributed by atoms with Crippen LogP contribution in [0.3, 0.4) is 0 Å². The van der Waals surface area contributed by atoms with Crippen molar-refractivity contribution in [2.45, 2.75) is 38.5 Å². The number of rotatable bonds is 11. The fraction of sp³-hybridized carbons (Fsp3) is 0.900. The Kier molecular flexibility index (Phi) is 9.96. The third kappa shape index (κ3) is 15.4. The SMILES string of the molecule is NC(N)=NCCCCCCCCNCP(=O)(O)O. The normalized spacial score (nSPS) is 11.4. The molecular formula is C10H25N4O3P. The first-order valence-corrected chi connectivity index (χ1v) is 8.02. The molecule has 0 aliphatic heterocycles. The number of unbranched alkanes of at least 4 members (excludes halogenated alkanes) is 5. The smallest absolute Gasteiger partial charge is 0.339 e. The van der Waals surface area contributed by atoms with Crippen LogP contribution in [0.5, 0.6) is 0 Å². The fourth-order valence-electron chi connectivity index (χ4n) is 1.50. The number of hydrogen-bond donors (Lipinski definition) is 5. The van der Waals surface area contributed by atoms with Crippen molar-refractivity contribution in [1.82, 2.24) is 5.32 Å². The van der Waals surface area contributed by atoms with Crippen LogP contribution >= 0.6 is 7.60 Å². The molecule has 0 saturated carbocycles. The van der Waals surface area contributed by atoms with E-state index in [0.717, 1.165) is 38.5 Å². The molecule has 0 aromatic carbocycles. The minimum absolute atomic E-state index is 0.145. The molecule has 0 heterocycles. The van der Waals surface area contributed by atoms with Gasteiger partial charge in [-0.25, -0.2) is 0 Å². The summed E-state index contributed by atoms with van der Waals surface area (Å²) in [7, 11) is -3.89. The van der Waals surface area contributed by atoms with E-state index in [0.29, 0.717) is 13.1 Å². The zero-order chi connectivity index (χ0) is 13.9. The summed E-state index contributed by atoms with van der Waals surface area (Å²) in [5.41, 5.74) is 10.4. The second kappa shape index (κ2) is 10.3. The molecule has 0 fully saturated rings. The summed E-state index contributed by atoms with van der Waals surface area (Å²) in [4.78, 5) is 21.1. The summed E-state index contributed by atoms with van der Waals surface area (Å²) in [5.74, 6) is 0.145. The van der Waals surface area contributed by atoms with Crippen molar-refractivity contribution < 1.29 is 14.4 Å². The highest BCUT2D eigenvalue weighted by atomic mass is 31.2. The van der Waals surface area contributed by atoms with Gasteiger partial charge < -0.3 is 26.6 Å². The second-order valence-electron chi connectivity index (χ2n) is 4.25. The van der Waals surface area contributed by atoms with E-state index in [1.807, 2.05) is 0 Å². The Labute approximate surface area is 108 Å².